The molecule has 0 saturated heterocycles. The molecule has 122 valence electrons. The number of hydrogen-bond donors (Lipinski definition) is 0. The van der Waals surface area contributed by atoms with Gasteiger partial charge in [0.1, 0.15) is 0 Å². The normalized spacial score (nSPS) is 21.9. The maximum absolute atomic E-state index is 13.8. The Labute approximate surface area is 128 Å². The highest BCUT2D eigenvalue weighted by Gasteiger charge is 2.25. The summed E-state index contributed by atoms with van der Waals surface area (Å²) in [6.45, 7) is 0.466. The first-order valence-corrected chi connectivity index (χ1v) is 7.56. The molecule has 1 aliphatic carbocycles. The molecule has 1 fully saturated rings. The molecule has 0 aliphatic heterocycles. The van der Waals surface area contributed by atoms with Crippen molar-refractivity contribution in [2.45, 2.75) is 51.1 Å². The van der Waals surface area contributed by atoms with E-state index in [2.05, 4.69) is 11.3 Å². The smallest absolute Gasteiger partial charge is 0.387 e. The molecule has 0 atom stereocenters. The molecule has 1 aliphatic rings. The average Bonchev–Trinajstić information content (AvgIpc) is 2.49. The molecule has 1 nitrogen and oxygen atoms in total. The van der Waals surface area contributed by atoms with Crippen molar-refractivity contribution in [3.63, 3.8) is 0 Å². The van der Waals surface area contributed by atoms with Gasteiger partial charge in [-0.2, -0.15) is 8.78 Å². The summed E-state index contributed by atoms with van der Waals surface area (Å²) in [5.74, 6) is -2.43. The highest BCUT2D eigenvalue weighted by atomic mass is 19.3. The van der Waals surface area contributed by atoms with Crippen molar-refractivity contribution in [2.75, 3.05) is 0 Å². The van der Waals surface area contributed by atoms with E-state index in [4.69, 9.17) is 0 Å². The molecule has 1 aromatic carbocycles. The van der Waals surface area contributed by atoms with Gasteiger partial charge in [-0.15, -0.1) is 6.58 Å². The molecule has 0 radical (unpaired) electrons. The number of hydrogen-bond acceptors (Lipinski definition) is 1. The Morgan fingerprint density at radius 2 is 1.73 bits per heavy atom. The highest BCUT2D eigenvalue weighted by Crippen LogP contribution is 2.39. The first kappa shape index (κ1) is 16.8. The van der Waals surface area contributed by atoms with Gasteiger partial charge >= 0.3 is 6.61 Å². The van der Waals surface area contributed by atoms with Crippen molar-refractivity contribution < 1.29 is 22.3 Å². The zero-order valence-corrected chi connectivity index (χ0v) is 12.3. The predicted octanol–water partition coefficient (Wildman–Crippen LogP) is 5.81. The monoisotopic (exact) mass is 316 g/mol. The Kier molecular flexibility index (Phi) is 5.86. The maximum Gasteiger partial charge on any atom is 0.387 e. The van der Waals surface area contributed by atoms with E-state index >= 15 is 0 Å². The van der Waals surface area contributed by atoms with E-state index in [1.54, 1.807) is 0 Å². The van der Waals surface area contributed by atoms with Crippen LogP contribution in [0.15, 0.2) is 24.8 Å². The Morgan fingerprint density at radius 1 is 1.14 bits per heavy atom. The van der Waals surface area contributed by atoms with Gasteiger partial charge in [0, 0.05) is 0 Å². The van der Waals surface area contributed by atoms with Crippen LogP contribution >= 0.6 is 0 Å². The van der Waals surface area contributed by atoms with Crippen LogP contribution in [-0.2, 0) is 0 Å². The highest BCUT2D eigenvalue weighted by molar-refractivity contribution is 5.33. The molecule has 1 saturated carbocycles. The van der Waals surface area contributed by atoms with Gasteiger partial charge in [-0.25, -0.2) is 8.78 Å². The second-order valence-corrected chi connectivity index (χ2v) is 5.78. The lowest BCUT2D eigenvalue weighted by molar-refractivity contribution is -0.0546. The summed E-state index contributed by atoms with van der Waals surface area (Å²) >= 11 is 0. The van der Waals surface area contributed by atoms with Crippen molar-refractivity contribution in [3.05, 3.63) is 42.0 Å². The third-order valence-electron chi connectivity index (χ3n) is 4.32. The predicted molar refractivity (Wildman–Crippen MR) is 77.1 cm³/mol. The molecule has 0 spiro atoms. The summed E-state index contributed by atoms with van der Waals surface area (Å²) in [6, 6.07) is 2.24. The van der Waals surface area contributed by atoms with Gasteiger partial charge < -0.3 is 4.74 Å². The topological polar surface area (TPSA) is 9.23 Å². The van der Waals surface area contributed by atoms with Crippen LogP contribution in [0, 0.1) is 17.6 Å². The van der Waals surface area contributed by atoms with E-state index in [1.165, 1.54) is 0 Å². The number of rotatable bonds is 6. The molecule has 5 heteroatoms. The Balaban J connectivity index is 2.03. The summed E-state index contributed by atoms with van der Waals surface area (Å²) in [5, 5.41) is 0. The zero-order chi connectivity index (χ0) is 16.1. The standard InChI is InChI=1S/C17H20F4O/c1-2-3-4-11-5-7-12(8-6-11)13-9-14(18)16(15(19)10-13)22-17(20)21/h2,9-12,17H,1,3-8H2/t11-,12-. The van der Waals surface area contributed by atoms with Crippen LogP contribution in [0.25, 0.3) is 0 Å². The second kappa shape index (κ2) is 7.65. The minimum absolute atomic E-state index is 0.0737. The number of alkyl halides is 2. The lowest BCUT2D eigenvalue weighted by Crippen LogP contribution is -2.14. The summed E-state index contributed by atoms with van der Waals surface area (Å²) in [7, 11) is 0. The molecular formula is C17H20F4O. The molecule has 1 aromatic rings. The fourth-order valence-corrected chi connectivity index (χ4v) is 3.15. The SMILES string of the molecule is C=CCC[C@H]1CC[C@H](c2cc(F)c(OC(F)F)c(F)c2)CC1. The van der Waals surface area contributed by atoms with Crippen LogP contribution in [0.3, 0.4) is 0 Å². The van der Waals surface area contributed by atoms with Crippen molar-refractivity contribution in [2.24, 2.45) is 5.92 Å². The first-order valence-electron chi connectivity index (χ1n) is 7.56. The minimum Gasteiger partial charge on any atom is -0.429 e. The summed E-state index contributed by atoms with van der Waals surface area (Å²) < 4.78 is 55.6. The quantitative estimate of drug-likeness (QED) is 0.475. The zero-order valence-electron chi connectivity index (χ0n) is 12.3. The average molecular weight is 316 g/mol. The molecule has 0 heterocycles. The Morgan fingerprint density at radius 3 is 2.23 bits per heavy atom. The maximum atomic E-state index is 13.8. The van der Waals surface area contributed by atoms with Crippen LogP contribution in [-0.4, -0.2) is 6.61 Å². The number of benzene rings is 1. The van der Waals surface area contributed by atoms with Gasteiger partial charge in [0.05, 0.1) is 0 Å². The van der Waals surface area contributed by atoms with Crippen LogP contribution in [0.4, 0.5) is 17.6 Å². The van der Waals surface area contributed by atoms with E-state index in [0.717, 1.165) is 50.7 Å². The Bertz CT molecular complexity index is 484. The fraction of sp³-hybridized carbons (Fsp3) is 0.529. The van der Waals surface area contributed by atoms with E-state index in [-0.39, 0.29) is 5.92 Å². The number of ether oxygens (including phenoxy) is 1. The Hall–Kier alpha value is -1.52. The van der Waals surface area contributed by atoms with Crippen molar-refractivity contribution in [1.82, 2.24) is 0 Å². The molecule has 2 rings (SSSR count). The van der Waals surface area contributed by atoms with E-state index in [9.17, 15) is 17.6 Å². The van der Waals surface area contributed by atoms with Gasteiger partial charge in [0.25, 0.3) is 0 Å². The van der Waals surface area contributed by atoms with Crippen LogP contribution in [0.2, 0.25) is 0 Å². The third-order valence-corrected chi connectivity index (χ3v) is 4.32. The van der Waals surface area contributed by atoms with Crippen LogP contribution in [0.1, 0.15) is 50.0 Å². The summed E-state index contributed by atoms with van der Waals surface area (Å²) in [6.07, 6.45) is 7.72. The molecule has 0 N–H and O–H groups in total. The van der Waals surface area contributed by atoms with Gasteiger partial charge in [-0.3, -0.25) is 0 Å². The van der Waals surface area contributed by atoms with E-state index in [1.807, 2.05) is 6.08 Å². The van der Waals surface area contributed by atoms with Gasteiger partial charge in [0.2, 0.25) is 0 Å². The molecular weight excluding hydrogens is 296 g/mol. The molecule has 0 amide bonds. The lowest BCUT2D eigenvalue weighted by atomic mass is 9.77. The van der Waals surface area contributed by atoms with Crippen molar-refractivity contribution in [1.29, 1.82) is 0 Å². The number of halogens is 4. The molecule has 0 aromatic heterocycles. The molecule has 0 bridgehead atoms. The van der Waals surface area contributed by atoms with Crippen LogP contribution in [0.5, 0.6) is 5.75 Å². The van der Waals surface area contributed by atoms with Crippen molar-refractivity contribution in [3.8, 4) is 5.75 Å². The van der Waals surface area contributed by atoms with E-state index < -0.39 is 24.0 Å². The molecule has 0 unspecified atom stereocenters. The van der Waals surface area contributed by atoms with Gasteiger partial charge in [-0.05, 0) is 68.1 Å². The van der Waals surface area contributed by atoms with Crippen LogP contribution < -0.4 is 4.74 Å². The van der Waals surface area contributed by atoms with Crippen molar-refractivity contribution >= 4 is 0 Å². The summed E-state index contributed by atoms with van der Waals surface area (Å²) in [5.41, 5.74) is 0.527. The molecule has 22 heavy (non-hydrogen) atoms. The van der Waals surface area contributed by atoms with E-state index in [0.29, 0.717) is 11.5 Å². The van der Waals surface area contributed by atoms with Gasteiger partial charge in [-0.1, -0.05) is 6.08 Å². The lowest BCUT2D eigenvalue weighted by Gasteiger charge is -2.28. The largest absolute Gasteiger partial charge is 0.429 e. The van der Waals surface area contributed by atoms with Gasteiger partial charge in [0.15, 0.2) is 17.4 Å². The summed E-state index contributed by atoms with van der Waals surface area (Å²) in [4.78, 5) is 0. The first-order chi connectivity index (χ1) is 10.5. The second-order valence-electron chi connectivity index (χ2n) is 5.78. The fourth-order valence-electron chi connectivity index (χ4n) is 3.15. The third kappa shape index (κ3) is 4.24. The number of allylic oxidation sites excluding steroid dienone is 1. The minimum atomic E-state index is -3.24.